The summed E-state index contributed by atoms with van der Waals surface area (Å²) in [6, 6.07) is 0. The molecule has 1 aliphatic rings. The minimum absolute atomic E-state index is 0.335. The van der Waals surface area contributed by atoms with Crippen LogP contribution in [0, 0.1) is 0 Å². The molecule has 3 nitrogen and oxygen atoms in total. The molecule has 0 radical (unpaired) electrons. The van der Waals surface area contributed by atoms with Gasteiger partial charge in [-0.15, -0.1) is 0 Å². The second kappa shape index (κ2) is 3.52. The van der Waals surface area contributed by atoms with Gasteiger partial charge in [0.2, 0.25) is 0 Å². The Hall–Kier alpha value is -0.120. The van der Waals surface area contributed by atoms with Gasteiger partial charge in [-0.3, -0.25) is 10.4 Å². The summed E-state index contributed by atoms with van der Waals surface area (Å²) in [5.41, 5.74) is -0.335. The van der Waals surface area contributed by atoms with E-state index in [1.807, 2.05) is 6.92 Å². The largest absolute Gasteiger partial charge is 0.289 e. The van der Waals surface area contributed by atoms with E-state index in [-0.39, 0.29) is 5.54 Å². The molecular weight excluding hydrogens is 142 g/mol. The highest BCUT2D eigenvalue weighted by Gasteiger charge is 2.35. The van der Waals surface area contributed by atoms with Crippen molar-refractivity contribution in [3.05, 3.63) is 0 Å². The van der Waals surface area contributed by atoms with Gasteiger partial charge in [0.25, 0.3) is 0 Å². The normalized spacial score (nSPS) is 24.0. The van der Waals surface area contributed by atoms with Gasteiger partial charge in [0.15, 0.2) is 0 Å². The van der Waals surface area contributed by atoms with Gasteiger partial charge in [-0.25, -0.2) is 0 Å². The van der Waals surface area contributed by atoms with Gasteiger partial charge < -0.3 is 0 Å². The van der Waals surface area contributed by atoms with Crippen molar-refractivity contribution in [3.8, 4) is 0 Å². The molecular formula is C8H17NO2. The summed E-state index contributed by atoms with van der Waals surface area (Å²) in [6.07, 6.45) is 6.11. The van der Waals surface area contributed by atoms with Crippen molar-refractivity contribution in [1.82, 2.24) is 5.23 Å². The molecule has 66 valence electrons. The monoisotopic (exact) mass is 159 g/mol. The fourth-order valence-electron chi connectivity index (χ4n) is 1.90. The second-order valence-electron chi connectivity index (χ2n) is 3.43. The van der Waals surface area contributed by atoms with Crippen LogP contribution in [0.3, 0.4) is 0 Å². The first kappa shape index (κ1) is 8.97. The molecule has 0 aromatic rings. The summed E-state index contributed by atoms with van der Waals surface area (Å²) < 4.78 is 0. The van der Waals surface area contributed by atoms with Crippen molar-refractivity contribution in [2.75, 3.05) is 0 Å². The van der Waals surface area contributed by atoms with E-state index in [2.05, 4.69) is 0 Å². The SMILES string of the molecule is CCC1(N(O)O)CCCCC1. The highest BCUT2D eigenvalue weighted by atomic mass is 16.8. The molecule has 1 rings (SSSR count). The fraction of sp³-hybridized carbons (Fsp3) is 1.00. The Morgan fingerprint density at radius 3 is 2.00 bits per heavy atom. The molecule has 0 aromatic carbocycles. The number of hydrogen-bond donors (Lipinski definition) is 2. The maximum absolute atomic E-state index is 9.02. The Balaban J connectivity index is 2.57. The summed E-state index contributed by atoms with van der Waals surface area (Å²) in [5, 5.41) is 18.5. The molecule has 0 heterocycles. The zero-order valence-electron chi connectivity index (χ0n) is 7.08. The number of rotatable bonds is 2. The molecule has 11 heavy (non-hydrogen) atoms. The Bertz CT molecular complexity index is 119. The van der Waals surface area contributed by atoms with Crippen molar-refractivity contribution in [2.24, 2.45) is 0 Å². The predicted octanol–water partition coefficient (Wildman–Crippen LogP) is 2.18. The molecule has 0 unspecified atom stereocenters. The molecule has 1 saturated carbocycles. The van der Waals surface area contributed by atoms with Crippen molar-refractivity contribution in [2.45, 2.75) is 51.0 Å². The molecule has 0 atom stereocenters. The van der Waals surface area contributed by atoms with Crippen molar-refractivity contribution in [3.63, 3.8) is 0 Å². The highest BCUT2D eigenvalue weighted by Crippen LogP contribution is 2.34. The standard InChI is InChI=1S/C8H17NO2/c1-2-8(9(10)11)6-4-3-5-7-8/h10-11H,2-7H2,1H3. The summed E-state index contributed by atoms with van der Waals surface area (Å²) in [5.74, 6) is 0. The Kier molecular flexibility index (Phi) is 2.87. The van der Waals surface area contributed by atoms with Crippen molar-refractivity contribution >= 4 is 0 Å². The van der Waals surface area contributed by atoms with E-state index in [1.165, 1.54) is 6.42 Å². The third-order valence-electron chi connectivity index (χ3n) is 2.87. The Labute approximate surface area is 67.5 Å². The van der Waals surface area contributed by atoms with Gasteiger partial charge in [-0.05, 0) is 19.3 Å². The lowest BCUT2D eigenvalue weighted by molar-refractivity contribution is -0.369. The maximum Gasteiger partial charge on any atom is 0.0730 e. The maximum atomic E-state index is 9.02. The molecule has 1 aliphatic carbocycles. The van der Waals surface area contributed by atoms with Gasteiger partial charge in [0.1, 0.15) is 0 Å². The van der Waals surface area contributed by atoms with Gasteiger partial charge in [-0.1, -0.05) is 31.4 Å². The number of hydrogen-bond acceptors (Lipinski definition) is 3. The van der Waals surface area contributed by atoms with Gasteiger partial charge in [-0.2, -0.15) is 0 Å². The van der Waals surface area contributed by atoms with E-state index >= 15 is 0 Å². The van der Waals surface area contributed by atoms with Crippen LogP contribution in [0.5, 0.6) is 0 Å². The van der Waals surface area contributed by atoms with E-state index in [0.717, 1.165) is 32.1 Å². The first-order valence-corrected chi connectivity index (χ1v) is 4.39. The fourth-order valence-corrected chi connectivity index (χ4v) is 1.90. The second-order valence-corrected chi connectivity index (χ2v) is 3.43. The minimum Gasteiger partial charge on any atom is -0.289 e. The average molecular weight is 159 g/mol. The van der Waals surface area contributed by atoms with E-state index < -0.39 is 0 Å². The summed E-state index contributed by atoms with van der Waals surface area (Å²) in [7, 11) is 0. The van der Waals surface area contributed by atoms with Crippen LogP contribution in [0.25, 0.3) is 0 Å². The first-order valence-electron chi connectivity index (χ1n) is 4.39. The smallest absolute Gasteiger partial charge is 0.0730 e. The molecule has 2 N–H and O–H groups in total. The number of nitrogens with zero attached hydrogens (tertiary/aromatic N) is 1. The summed E-state index contributed by atoms with van der Waals surface area (Å²) >= 11 is 0. The van der Waals surface area contributed by atoms with Crippen LogP contribution < -0.4 is 0 Å². The van der Waals surface area contributed by atoms with Crippen LogP contribution in [-0.4, -0.2) is 21.2 Å². The van der Waals surface area contributed by atoms with Crippen LogP contribution in [0.15, 0.2) is 0 Å². The van der Waals surface area contributed by atoms with E-state index in [0.29, 0.717) is 5.23 Å². The lowest BCUT2D eigenvalue weighted by atomic mass is 9.80. The molecule has 0 amide bonds. The zero-order valence-corrected chi connectivity index (χ0v) is 7.08. The van der Waals surface area contributed by atoms with Crippen LogP contribution in [0.4, 0.5) is 0 Å². The molecule has 0 aliphatic heterocycles. The lowest BCUT2D eigenvalue weighted by Gasteiger charge is -2.38. The van der Waals surface area contributed by atoms with Crippen LogP contribution in [-0.2, 0) is 0 Å². The van der Waals surface area contributed by atoms with Crippen LogP contribution in [0.2, 0.25) is 0 Å². The molecule has 0 aromatic heterocycles. The minimum atomic E-state index is -0.335. The van der Waals surface area contributed by atoms with Gasteiger partial charge in [0.05, 0.1) is 5.54 Å². The zero-order chi connectivity index (χ0) is 8.32. The van der Waals surface area contributed by atoms with E-state index in [4.69, 9.17) is 10.4 Å². The van der Waals surface area contributed by atoms with E-state index in [9.17, 15) is 0 Å². The summed E-state index contributed by atoms with van der Waals surface area (Å²) in [6.45, 7) is 2.00. The number of hydroxylamine groups is 2. The Morgan fingerprint density at radius 2 is 1.73 bits per heavy atom. The Morgan fingerprint density at radius 1 is 1.18 bits per heavy atom. The van der Waals surface area contributed by atoms with Crippen molar-refractivity contribution < 1.29 is 10.4 Å². The van der Waals surface area contributed by atoms with E-state index in [1.54, 1.807) is 0 Å². The molecule has 1 fully saturated rings. The molecule has 3 heteroatoms. The van der Waals surface area contributed by atoms with Crippen molar-refractivity contribution in [1.29, 1.82) is 0 Å². The average Bonchev–Trinajstić information content (AvgIpc) is 2.05. The third-order valence-corrected chi connectivity index (χ3v) is 2.87. The molecule has 0 saturated heterocycles. The highest BCUT2D eigenvalue weighted by molar-refractivity contribution is 4.85. The van der Waals surface area contributed by atoms with Crippen LogP contribution >= 0.6 is 0 Å². The first-order chi connectivity index (χ1) is 5.21. The topological polar surface area (TPSA) is 43.7 Å². The van der Waals surface area contributed by atoms with Gasteiger partial charge >= 0.3 is 0 Å². The van der Waals surface area contributed by atoms with Gasteiger partial charge in [0, 0.05) is 0 Å². The van der Waals surface area contributed by atoms with Crippen LogP contribution in [0.1, 0.15) is 45.4 Å². The molecule has 0 bridgehead atoms. The lowest BCUT2D eigenvalue weighted by Crippen LogP contribution is -2.45. The molecule has 0 spiro atoms. The third kappa shape index (κ3) is 1.72. The summed E-state index contributed by atoms with van der Waals surface area (Å²) in [4.78, 5) is 0. The predicted molar refractivity (Wildman–Crippen MR) is 41.5 cm³/mol. The quantitative estimate of drug-likeness (QED) is 0.607.